The molecule has 0 aromatic heterocycles. The van der Waals surface area contributed by atoms with Gasteiger partial charge >= 0.3 is 0 Å². The molecular weight excluding hydrogens is 248 g/mol. The SMILES string of the molecule is CC(C)CN(CC(N)=O)C(=O)c1cccc(S)c1. The molecule has 0 spiro atoms. The highest BCUT2D eigenvalue weighted by Gasteiger charge is 2.18. The molecule has 98 valence electrons. The van der Waals surface area contributed by atoms with Crippen LogP contribution in [-0.2, 0) is 4.79 Å². The molecule has 2 N–H and O–H groups in total. The van der Waals surface area contributed by atoms with E-state index >= 15 is 0 Å². The van der Waals surface area contributed by atoms with E-state index in [4.69, 9.17) is 5.73 Å². The molecule has 0 aliphatic rings. The summed E-state index contributed by atoms with van der Waals surface area (Å²) in [7, 11) is 0. The number of carbonyl (C=O) groups is 2. The van der Waals surface area contributed by atoms with Gasteiger partial charge in [-0.3, -0.25) is 9.59 Å². The van der Waals surface area contributed by atoms with Crippen LogP contribution < -0.4 is 5.73 Å². The zero-order valence-corrected chi connectivity index (χ0v) is 11.5. The van der Waals surface area contributed by atoms with Crippen LogP contribution in [0.3, 0.4) is 0 Å². The number of nitrogens with two attached hydrogens (primary N) is 1. The summed E-state index contributed by atoms with van der Waals surface area (Å²) in [5.41, 5.74) is 5.68. The number of amides is 2. The van der Waals surface area contributed by atoms with Gasteiger partial charge in [0.1, 0.15) is 0 Å². The van der Waals surface area contributed by atoms with Gasteiger partial charge in [-0.15, -0.1) is 12.6 Å². The minimum Gasteiger partial charge on any atom is -0.368 e. The van der Waals surface area contributed by atoms with Crippen LogP contribution in [0, 0.1) is 5.92 Å². The fourth-order valence-electron chi connectivity index (χ4n) is 1.67. The highest BCUT2D eigenvalue weighted by molar-refractivity contribution is 7.80. The van der Waals surface area contributed by atoms with E-state index < -0.39 is 5.91 Å². The first kappa shape index (κ1) is 14.6. The van der Waals surface area contributed by atoms with Crippen molar-refractivity contribution >= 4 is 24.4 Å². The van der Waals surface area contributed by atoms with Gasteiger partial charge in [0, 0.05) is 17.0 Å². The molecule has 18 heavy (non-hydrogen) atoms. The van der Waals surface area contributed by atoms with Crippen LogP contribution in [0.1, 0.15) is 24.2 Å². The van der Waals surface area contributed by atoms with Crippen molar-refractivity contribution in [3.63, 3.8) is 0 Å². The second-order valence-corrected chi connectivity index (χ2v) is 5.11. The topological polar surface area (TPSA) is 63.4 Å². The summed E-state index contributed by atoms with van der Waals surface area (Å²) in [6.45, 7) is 4.40. The van der Waals surface area contributed by atoms with Crippen molar-refractivity contribution < 1.29 is 9.59 Å². The van der Waals surface area contributed by atoms with Crippen molar-refractivity contribution in [2.24, 2.45) is 11.7 Å². The van der Waals surface area contributed by atoms with E-state index in [-0.39, 0.29) is 18.4 Å². The first-order valence-electron chi connectivity index (χ1n) is 5.76. The zero-order chi connectivity index (χ0) is 13.7. The lowest BCUT2D eigenvalue weighted by molar-refractivity contribution is -0.118. The number of thiol groups is 1. The number of benzene rings is 1. The Bertz CT molecular complexity index is 446. The number of hydrogen-bond donors (Lipinski definition) is 2. The Kier molecular flexibility index (Phi) is 5.22. The normalized spacial score (nSPS) is 10.4. The van der Waals surface area contributed by atoms with Crippen molar-refractivity contribution in [1.82, 2.24) is 4.90 Å². The smallest absolute Gasteiger partial charge is 0.254 e. The molecule has 4 nitrogen and oxygen atoms in total. The quantitative estimate of drug-likeness (QED) is 0.794. The van der Waals surface area contributed by atoms with Crippen LogP contribution in [0.4, 0.5) is 0 Å². The molecule has 0 radical (unpaired) electrons. The van der Waals surface area contributed by atoms with E-state index in [1.165, 1.54) is 4.90 Å². The van der Waals surface area contributed by atoms with Crippen molar-refractivity contribution in [1.29, 1.82) is 0 Å². The summed E-state index contributed by atoms with van der Waals surface area (Å²) in [5, 5.41) is 0. The molecule has 0 heterocycles. The van der Waals surface area contributed by atoms with E-state index in [9.17, 15) is 9.59 Å². The Hall–Kier alpha value is -1.49. The van der Waals surface area contributed by atoms with Crippen LogP contribution in [0.2, 0.25) is 0 Å². The van der Waals surface area contributed by atoms with E-state index in [2.05, 4.69) is 12.6 Å². The second-order valence-electron chi connectivity index (χ2n) is 4.60. The van der Waals surface area contributed by atoms with Gasteiger partial charge in [0.25, 0.3) is 5.91 Å². The van der Waals surface area contributed by atoms with Gasteiger partial charge in [-0.2, -0.15) is 0 Å². The second kappa shape index (κ2) is 6.44. The molecule has 0 unspecified atom stereocenters. The maximum absolute atomic E-state index is 12.3. The van der Waals surface area contributed by atoms with Gasteiger partial charge in [0.15, 0.2) is 0 Å². The van der Waals surface area contributed by atoms with Crippen LogP contribution in [0.15, 0.2) is 29.2 Å². The standard InChI is InChI=1S/C13H18N2O2S/c1-9(2)7-15(8-12(14)16)13(17)10-4-3-5-11(18)6-10/h3-6,9,18H,7-8H2,1-2H3,(H2,14,16). The van der Waals surface area contributed by atoms with Gasteiger partial charge < -0.3 is 10.6 Å². The summed E-state index contributed by atoms with van der Waals surface area (Å²) in [4.78, 5) is 25.4. The Morgan fingerprint density at radius 3 is 2.56 bits per heavy atom. The third-order valence-electron chi connectivity index (χ3n) is 2.31. The van der Waals surface area contributed by atoms with E-state index in [0.717, 1.165) is 0 Å². The van der Waals surface area contributed by atoms with Crippen molar-refractivity contribution in [3.05, 3.63) is 29.8 Å². The Balaban J connectivity index is 2.90. The monoisotopic (exact) mass is 266 g/mol. The number of hydrogen-bond acceptors (Lipinski definition) is 3. The van der Waals surface area contributed by atoms with E-state index in [0.29, 0.717) is 17.0 Å². The van der Waals surface area contributed by atoms with Crippen LogP contribution >= 0.6 is 12.6 Å². The molecule has 0 fully saturated rings. The third kappa shape index (κ3) is 4.41. The van der Waals surface area contributed by atoms with Gasteiger partial charge in [-0.05, 0) is 24.1 Å². The van der Waals surface area contributed by atoms with Crippen molar-refractivity contribution in [2.75, 3.05) is 13.1 Å². The van der Waals surface area contributed by atoms with Crippen molar-refractivity contribution in [3.8, 4) is 0 Å². The summed E-state index contributed by atoms with van der Waals surface area (Å²) in [5.74, 6) is -0.433. The predicted molar refractivity (Wildman–Crippen MR) is 73.6 cm³/mol. The minimum absolute atomic E-state index is 0.0617. The van der Waals surface area contributed by atoms with E-state index in [1.54, 1.807) is 24.3 Å². The number of nitrogens with zero attached hydrogens (tertiary/aromatic N) is 1. The van der Waals surface area contributed by atoms with Crippen LogP contribution in [-0.4, -0.2) is 29.8 Å². The predicted octanol–water partition coefficient (Wildman–Crippen LogP) is 1.56. The fraction of sp³-hybridized carbons (Fsp3) is 0.385. The molecule has 0 saturated heterocycles. The fourth-order valence-corrected chi connectivity index (χ4v) is 1.89. The molecule has 5 heteroatoms. The van der Waals surface area contributed by atoms with Crippen LogP contribution in [0.25, 0.3) is 0 Å². The number of rotatable bonds is 5. The van der Waals surface area contributed by atoms with E-state index in [1.807, 2.05) is 13.8 Å². The molecule has 1 rings (SSSR count). The molecule has 2 amide bonds. The van der Waals surface area contributed by atoms with Gasteiger partial charge in [-0.1, -0.05) is 19.9 Å². The highest BCUT2D eigenvalue weighted by Crippen LogP contribution is 2.12. The number of carbonyl (C=O) groups excluding carboxylic acids is 2. The maximum atomic E-state index is 12.3. The molecule has 1 aromatic rings. The number of primary amides is 1. The zero-order valence-electron chi connectivity index (χ0n) is 10.6. The molecule has 0 saturated carbocycles. The lowest BCUT2D eigenvalue weighted by Crippen LogP contribution is -2.40. The molecule has 0 aliphatic heterocycles. The average Bonchev–Trinajstić information content (AvgIpc) is 2.26. The lowest BCUT2D eigenvalue weighted by atomic mass is 10.1. The molecular formula is C13H18N2O2S. The first-order chi connectivity index (χ1) is 8.40. The summed E-state index contributed by atoms with van der Waals surface area (Å²) < 4.78 is 0. The third-order valence-corrected chi connectivity index (χ3v) is 2.59. The Labute approximate surface area is 113 Å². The molecule has 0 bridgehead atoms. The summed E-state index contributed by atoms with van der Waals surface area (Å²) in [6.07, 6.45) is 0. The summed E-state index contributed by atoms with van der Waals surface area (Å²) >= 11 is 4.19. The van der Waals surface area contributed by atoms with Gasteiger partial charge in [0.05, 0.1) is 6.54 Å². The molecule has 0 atom stereocenters. The molecule has 0 aliphatic carbocycles. The van der Waals surface area contributed by atoms with Crippen LogP contribution in [0.5, 0.6) is 0 Å². The molecule has 1 aromatic carbocycles. The van der Waals surface area contributed by atoms with Gasteiger partial charge in [0.2, 0.25) is 5.91 Å². The Morgan fingerprint density at radius 2 is 2.06 bits per heavy atom. The summed E-state index contributed by atoms with van der Waals surface area (Å²) in [6, 6.07) is 6.93. The largest absolute Gasteiger partial charge is 0.368 e. The minimum atomic E-state index is -0.508. The first-order valence-corrected chi connectivity index (χ1v) is 6.21. The highest BCUT2D eigenvalue weighted by atomic mass is 32.1. The van der Waals surface area contributed by atoms with Crippen molar-refractivity contribution in [2.45, 2.75) is 18.7 Å². The maximum Gasteiger partial charge on any atom is 0.254 e. The average molecular weight is 266 g/mol. The lowest BCUT2D eigenvalue weighted by Gasteiger charge is -2.23. The Morgan fingerprint density at radius 1 is 1.39 bits per heavy atom. The van der Waals surface area contributed by atoms with Gasteiger partial charge in [-0.25, -0.2) is 0 Å².